The molecular formula is C22H28N2O3. The van der Waals surface area contributed by atoms with E-state index in [0.29, 0.717) is 18.8 Å². The summed E-state index contributed by atoms with van der Waals surface area (Å²) in [5.41, 5.74) is 2.18. The molecule has 1 N–H and O–H groups in total. The number of piperidine rings is 1. The quantitative estimate of drug-likeness (QED) is 0.819. The van der Waals surface area contributed by atoms with Gasteiger partial charge in [-0.15, -0.1) is 0 Å². The van der Waals surface area contributed by atoms with Gasteiger partial charge >= 0.3 is 5.97 Å². The number of carbonyl (C=O) groups is 2. The number of fused-ring (bicyclic) bond motifs is 2. The first-order valence-electron chi connectivity index (χ1n) is 10.2. The molecule has 2 aromatic rings. The molecule has 1 aliphatic heterocycles. The lowest BCUT2D eigenvalue weighted by molar-refractivity contribution is -0.153. The highest BCUT2D eigenvalue weighted by Gasteiger charge is 2.33. The molecule has 144 valence electrons. The Kier molecular flexibility index (Phi) is 5.46. The summed E-state index contributed by atoms with van der Waals surface area (Å²) in [4.78, 5) is 29.6. The molecule has 27 heavy (non-hydrogen) atoms. The number of rotatable bonds is 5. The van der Waals surface area contributed by atoms with Gasteiger partial charge in [-0.3, -0.25) is 9.59 Å². The number of hydrogen-bond donors (Lipinski definition) is 1. The number of benzene rings is 1. The summed E-state index contributed by atoms with van der Waals surface area (Å²) in [6.45, 7) is 1.54. The highest BCUT2D eigenvalue weighted by molar-refractivity contribution is 5.84. The third-order valence-electron chi connectivity index (χ3n) is 6.27. The maximum atomic E-state index is 12.4. The SMILES string of the molecule is O=C(CCc1c[nH]c2ccccc12)OCC(=O)N1CC[C@@H]2CCCC[C@@H]2C1. The lowest BCUT2D eigenvalue weighted by Gasteiger charge is -2.41. The molecule has 1 saturated carbocycles. The van der Waals surface area contributed by atoms with Crippen molar-refractivity contribution in [2.45, 2.75) is 44.9 Å². The van der Waals surface area contributed by atoms with Crippen molar-refractivity contribution in [1.82, 2.24) is 9.88 Å². The predicted molar refractivity (Wildman–Crippen MR) is 104 cm³/mol. The van der Waals surface area contributed by atoms with Gasteiger partial charge in [-0.25, -0.2) is 0 Å². The zero-order chi connectivity index (χ0) is 18.6. The molecule has 5 heteroatoms. The molecule has 0 radical (unpaired) electrons. The topological polar surface area (TPSA) is 62.4 Å². The van der Waals surface area contributed by atoms with Crippen LogP contribution in [0.15, 0.2) is 30.5 Å². The molecule has 2 heterocycles. The zero-order valence-electron chi connectivity index (χ0n) is 15.8. The maximum Gasteiger partial charge on any atom is 0.306 e. The number of para-hydroxylation sites is 1. The van der Waals surface area contributed by atoms with Crippen molar-refractivity contribution in [3.8, 4) is 0 Å². The number of nitrogens with one attached hydrogen (secondary N) is 1. The second kappa shape index (κ2) is 8.15. The Morgan fingerprint density at radius 2 is 1.93 bits per heavy atom. The third-order valence-corrected chi connectivity index (χ3v) is 6.27. The summed E-state index contributed by atoms with van der Waals surface area (Å²) in [7, 11) is 0. The van der Waals surface area contributed by atoms with E-state index in [9.17, 15) is 9.59 Å². The Labute approximate surface area is 160 Å². The minimum absolute atomic E-state index is 0.0422. The van der Waals surface area contributed by atoms with E-state index in [1.165, 1.54) is 25.7 Å². The molecule has 5 nitrogen and oxygen atoms in total. The summed E-state index contributed by atoms with van der Waals surface area (Å²) in [6.07, 6.45) is 9.12. The van der Waals surface area contributed by atoms with Crippen molar-refractivity contribution in [2.75, 3.05) is 19.7 Å². The largest absolute Gasteiger partial charge is 0.456 e. The summed E-state index contributed by atoms with van der Waals surface area (Å²) < 4.78 is 5.26. The molecule has 1 aliphatic carbocycles. The van der Waals surface area contributed by atoms with E-state index < -0.39 is 0 Å². The third kappa shape index (κ3) is 4.18. The van der Waals surface area contributed by atoms with Crippen molar-refractivity contribution in [3.63, 3.8) is 0 Å². The number of amides is 1. The van der Waals surface area contributed by atoms with Crippen LogP contribution in [0, 0.1) is 11.8 Å². The maximum absolute atomic E-state index is 12.4. The van der Waals surface area contributed by atoms with Crippen LogP contribution in [-0.2, 0) is 20.7 Å². The second-order valence-corrected chi connectivity index (χ2v) is 7.95. The molecule has 0 unspecified atom stereocenters. The molecule has 1 aromatic heterocycles. The van der Waals surface area contributed by atoms with Gasteiger partial charge in [-0.1, -0.05) is 37.5 Å². The monoisotopic (exact) mass is 368 g/mol. The number of nitrogens with zero attached hydrogens (tertiary/aromatic N) is 1. The van der Waals surface area contributed by atoms with Crippen molar-refractivity contribution >= 4 is 22.8 Å². The number of carbonyl (C=O) groups excluding carboxylic acids is 2. The van der Waals surface area contributed by atoms with Crippen LogP contribution in [0.3, 0.4) is 0 Å². The summed E-state index contributed by atoms with van der Waals surface area (Å²) in [5.74, 6) is 1.09. The fraction of sp³-hybridized carbons (Fsp3) is 0.545. The van der Waals surface area contributed by atoms with Gasteiger partial charge in [0, 0.05) is 36.6 Å². The Bertz CT molecular complexity index is 813. The molecule has 2 fully saturated rings. The smallest absolute Gasteiger partial charge is 0.306 e. The number of H-pyrrole nitrogens is 1. The standard InChI is InChI=1S/C22H28N2O3/c25-21(24-12-11-16-5-1-2-6-18(16)14-24)15-27-22(26)10-9-17-13-23-20-8-4-3-7-19(17)20/h3-4,7-8,13,16,18,23H,1-2,5-6,9-12,14-15H2/t16-,18+/m0/s1. The average molecular weight is 368 g/mol. The van der Waals surface area contributed by atoms with E-state index >= 15 is 0 Å². The van der Waals surface area contributed by atoms with Gasteiger partial charge in [0.25, 0.3) is 5.91 Å². The molecule has 2 atom stereocenters. The summed E-state index contributed by atoms with van der Waals surface area (Å²) >= 11 is 0. The number of likely N-dealkylation sites (tertiary alicyclic amines) is 1. The van der Waals surface area contributed by atoms with Crippen LogP contribution in [0.1, 0.15) is 44.1 Å². The highest BCUT2D eigenvalue weighted by Crippen LogP contribution is 2.36. The molecule has 0 bridgehead atoms. The van der Waals surface area contributed by atoms with E-state index in [1.807, 2.05) is 35.4 Å². The van der Waals surface area contributed by atoms with E-state index in [4.69, 9.17) is 4.74 Å². The van der Waals surface area contributed by atoms with Gasteiger partial charge in [-0.2, -0.15) is 0 Å². The van der Waals surface area contributed by atoms with Gasteiger partial charge in [0.05, 0.1) is 0 Å². The lowest BCUT2D eigenvalue weighted by atomic mass is 9.75. The van der Waals surface area contributed by atoms with Crippen LogP contribution in [0.5, 0.6) is 0 Å². The molecule has 4 rings (SSSR count). The van der Waals surface area contributed by atoms with Crippen LogP contribution >= 0.6 is 0 Å². The molecular weight excluding hydrogens is 340 g/mol. The number of aromatic nitrogens is 1. The lowest BCUT2D eigenvalue weighted by Crippen LogP contribution is -2.46. The minimum Gasteiger partial charge on any atom is -0.456 e. The number of esters is 1. The normalized spacial score (nSPS) is 22.4. The molecule has 1 saturated heterocycles. The van der Waals surface area contributed by atoms with Crippen LogP contribution < -0.4 is 0 Å². The molecule has 2 aliphatic rings. The Balaban J connectivity index is 1.22. The first-order valence-corrected chi connectivity index (χ1v) is 10.2. The van der Waals surface area contributed by atoms with E-state index in [-0.39, 0.29) is 18.5 Å². The fourth-order valence-corrected chi connectivity index (χ4v) is 4.71. The Morgan fingerprint density at radius 3 is 2.81 bits per heavy atom. The fourth-order valence-electron chi connectivity index (χ4n) is 4.71. The molecule has 1 amide bonds. The van der Waals surface area contributed by atoms with E-state index in [1.54, 1.807) is 0 Å². The van der Waals surface area contributed by atoms with Crippen molar-refractivity contribution < 1.29 is 14.3 Å². The van der Waals surface area contributed by atoms with Gasteiger partial charge in [0.1, 0.15) is 0 Å². The van der Waals surface area contributed by atoms with Gasteiger partial charge in [0.15, 0.2) is 6.61 Å². The second-order valence-electron chi connectivity index (χ2n) is 7.95. The zero-order valence-corrected chi connectivity index (χ0v) is 15.8. The summed E-state index contributed by atoms with van der Waals surface area (Å²) in [6, 6.07) is 8.04. The van der Waals surface area contributed by atoms with Crippen molar-refractivity contribution in [3.05, 3.63) is 36.0 Å². The highest BCUT2D eigenvalue weighted by atomic mass is 16.5. The first-order chi connectivity index (χ1) is 13.2. The predicted octanol–water partition coefficient (Wildman–Crippen LogP) is 3.68. The summed E-state index contributed by atoms with van der Waals surface area (Å²) in [5, 5.41) is 1.14. The van der Waals surface area contributed by atoms with Gasteiger partial charge in [-0.05, 0) is 42.7 Å². The number of hydrogen-bond acceptors (Lipinski definition) is 3. The van der Waals surface area contributed by atoms with Crippen molar-refractivity contribution in [1.29, 1.82) is 0 Å². The average Bonchev–Trinajstić information content (AvgIpc) is 3.13. The van der Waals surface area contributed by atoms with Crippen LogP contribution in [0.2, 0.25) is 0 Å². The molecule has 0 spiro atoms. The Hall–Kier alpha value is -2.30. The number of ether oxygens (including phenoxy) is 1. The van der Waals surface area contributed by atoms with Crippen LogP contribution in [0.4, 0.5) is 0 Å². The van der Waals surface area contributed by atoms with Crippen molar-refractivity contribution in [2.24, 2.45) is 11.8 Å². The van der Waals surface area contributed by atoms with Crippen LogP contribution in [-0.4, -0.2) is 41.5 Å². The number of aryl methyl sites for hydroxylation is 1. The van der Waals surface area contributed by atoms with Gasteiger partial charge in [0.2, 0.25) is 0 Å². The van der Waals surface area contributed by atoms with E-state index in [0.717, 1.165) is 41.9 Å². The Morgan fingerprint density at radius 1 is 1.11 bits per heavy atom. The first kappa shape index (κ1) is 18.1. The van der Waals surface area contributed by atoms with Gasteiger partial charge < -0.3 is 14.6 Å². The van der Waals surface area contributed by atoms with Crippen LogP contribution in [0.25, 0.3) is 10.9 Å². The minimum atomic E-state index is -0.304. The molecule has 1 aromatic carbocycles. The number of aromatic amines is 1. The van der Waals surface area contributed by atoms with E-state index in [2.05, 4.69) is 4.98 Å².